The predicted molar refractivity (Wildman–Crippen MR) is 104 cm³/mol. The Morgan fingerprint density at radius 3 is 2.50 bits per heavy atom. The van der Waals surface area contributed by atoms with E-state index in [4.69, 9.17) is 5.73 Å². The highest BCUT2D eigenvalue weighted by atomic mass is 35.5. The van der Waals surface area contributed by atoms with Gasteiger partial charge in [-0.3, -0.25) is 9.59 Å². The van der Waals surface area contributed by atoms with Crippen molar-refractivity contribution < 1.29 is 9.59 Å². The minimum Gasteiger partial charge on any atom is -0.352 e. The molecule has 0 aliphatic heterocycles. The first-order valence-electron chi connectivity index (χ1n) is 9.55. The molecule has 2 amide bonds. The Morgan fingerprint density at radius 1 is 1.08 bits per heavy atom. The van der Waals surface area contributed by atoms with Crippen molar-refractivity contribution in [3.8, 4) is 0 Å². The fourth-order valence-corrected chi connectivity index (χ4v) is 4.71. The van der Waals surface area contributed by atoms with Crippen LogP contribution in [0.1, 0.15) is 44.1 Å². The van der Waals surface area contributed by atoms with Crippen LogP contribution in [-0.2, 0) is 16.1 Å². The largest absolute Gasteiger partial charge is 0.352 e. The topological polar surface area (TPSA) is 84.2 Å². The highest BCUT2D eigenvalue weighted by Gasteiger charge is 2.48. The molecule has 1 aromatic carbocycles. The molecular weight excluding hydrogens is 350 g/mol. The molecule has 4 N–H and O–H groups in total. The Bertz CT molecular complexity index is 675. The van der Waals surface area contributed by atoms with Crippen molar-refractivity contribution in [2.45, 2.75) is 51.1 Å². The molecule has 0 saturated heterocycles. The van der Waals surface area contributed by atoms with Gasteiger partial charge in [-0.15, -0.1) is 12.4 Å². The van der Waals surface area contributed by atoms with Gasteiger partial charge in [0.05, 0.1) is 5.92 Å². The first-order valence-corrected chi connectivity index (χ1v) is 9.55. The van der Waals surface area contributed by atoms with Gasteiger partial charge in [0.25, 0.3) is 0 Å². The Labute approximate surface area is 160 Å². The third-order valence-corrected chi connectivity index (χ3v) is 6.42. The van der Waals surface area contributed by atoms with Gasteiger partial charge in [-0.05, 0) is 61.6 Å². The predicted octanol–water partition coefficient (Wildman–Crippen LogP) is 2.84. The van der Waals surface area contributed by atoms with Gasteiger partial charge in [-0.25, -0.2) is 0 Å². The van der Waals surface area contributed by atoms with Gasteiger partial charge >= 0.3 is 0 Å². The maximum absolute atomic E-state index is 12.6. The zero-order valence-corrected chi connectivity index (χ0v) is 15.8. The number of benzene rings is 1. The van der Waals surface area contributed by atoms with Crippen LogP contribution in [0, 0.1) is 23.7 Å². The third-order valence-electron chi connectivity index (χ3n) is 6.42. The number of rotatable bonds is 5. The fourth-order valence-electron chi connectivity index (χ4n) is 4.71. The molecule has 4 unspecified atom stereocenters. The maximum Gasteiger partial charge on any atom is 0.227 e. The molecule has 3 aliphatic carbocycles. The van der Waals surface area contributed by atoms with Crippen LogP contribution in [0.2, 0.25) is 0 Å². The van der Waals surface area contributed by atoms with Crippen molar-refractivity contribution in [1.82, 2.24) is 5.32 Å². The second-order valence-corrected chi connectivity index (χ2v) is 7.97. The van der Waals surface area contributed by atoms with Crippen molar-refractivity contribution >= 4 is 29.9 Å². The van der Waals surface area contributed by atoms with E-state index in [0.717, 1.165) is 43.4 Å². The van der Waals surface area contributed by atoms with E-state index < -0.39 is 0 Å². The zero-order valence-electron chi connectivity index (χ0n) is 14.9. The molecule has 26 heavy (non-hydrogen) atoms. The first-order chi connectivity index (χ1) is 12.1. The first kappa shape index (κ1) is 19.2. The Balaban J connectivity index is 0.00000196. The van der Waals surface area contributed by atoms with Crippen LogP contribution in [0.3, 0.4) is 0 Å². The highest BCUT2D eigenvalue weighted by Crippen LogP contribution is 2.47. The number of nitrogens with one attached hydrogen (secondary N) is 2. The zero-order chi connectivity index (χ0) is 17.4. The van der Waals surface area contributed by atoms with Gasteiger partial charge < -0.3 is 16.4 Å². The van der Waals surface area contributed by atoms with E-state index in [1.165, 1.54) is 6.42 Å². The van der Waals surface area contributed by atoms with Crippen LogP contribution in [0.15, 0.2) is 24.3 Å². The number of anilines is 1. The molecule has 4 atom stereocenters. The molecule has 1 aromatic rings. The summed E-state index contributed by atoms with van der Waals surface area (Å²) in [5.41, 5.74) is 8.05. The lowest BCUT2D eigenvalue weighted by atomic mass is 9.84. The van der Waals surface area contributed by atoms with E-state index >= 15 is 0 Å². The number of hydrogen-bond acceptors (Lipinski definition) is 3. The summed E-state index contributed by atoms with van der Waals surface area (Å²) < 4.78 is 0. The van der Waals surface area contributed by atoms with Crippen molar-refractivity contribution in [2.24, 2.45) is 29.4 Å². The summed E-state index contributed by atoms with van der Waals surface area (Å²) in [6.45, 7) is 0.479. The smallest absolute Gasteiger partial charge is 0.227 e. The number of amides is 2. The summed E-state index contributed by atoms with van der Waals surface area (Å²) in [4.78, 5) is 24.6. The minimum atomic E-state index is -0.0275. The van der Waals surface area contributed by atoms with E-state index in [0.29, 0.717) is 18.4 Å². The van der Waals surface area contributed by atoms with E-state index in [9.17, 15) is 9.59 Å². The van der Waals surface area contributed by atoms with Crippen molar-refractivity contribution in [3.05, 3.63) is 29.8 Å². The molecule has 142 valence electrons. The second-order valence-electron chi connectivity index (χ2n) is 7.97. The van der Waals surface area contributed by atoms with E-state index in [1.807, 2.05) is 24.3 Å². The van der Waals surface area contributed by atoms with Crippen LogP contribution >= 0.6 is 12.4 Å². The van der Waals surface area contributed by atoms with Crippen molar-refractivity contribution in [1.29, 1.82) is 0 Å². The molecule has 3 aliphatic rings. The summed E-state index contributed by atoms with van der Waals surface area (Å²) in [6.07, 6.45) is 6.56. The van der Waals surface area contributed by atoms with Gasteiger partial charge in [-0.2, -0.15) is 0 Å². The minimum absolute atomic E-state index is 0. The van der Waals surface area contributed by atoms with Gasteiger partial charge in [0.1, 0.15) is 0 Å². The lowest BCUT2D eigenvalue weighted by Gasteiger charge is -2.27. The number of carbonyl (C=O) groups excluding carboxylic acids is 2. The monoisotopic (exact) mass is 377 g/mol. The molecule has 4 rings (SSSR count). The fraction of sp³-hybridized carbons (Fsp3) is 0.600. The Morgan fingerprint density at radius 2 is 1.85 bits per heavy atom. The number of fused-ring (bicyclic) bond motifs is 2. The molecule has 0 spiro atoms. The van der Waals surface area contributed by atoms with Gasteiger partial charge in [0, 0.05) is 24.2 Å². The average molecular weight is 378 g/mol. The molecule has 5 nitrogen and oxygen atoms in total. The molecule has 0 heterocycles. The normalized spacial score (nSPS) is 29.6. The van der Waals surface area contributed by atoms with Gasteiger partial charge in [0.15, 0.2) is 0 Å². The van der Waals surface area contributed by atoms with Crippen molar-refractivity contribution in [2.75, 3.05) is 5.32 Å². The standard InChI is InChI=1S/C20H27N3O2.ClH/c21-18-15-8-7-14(10-15)17(18)20(25)22-11-12-3-1-6-16(9-12)23-19(24)13-4-2-5-13;/h1,3,6,9,13-15,17-18H,2,4-5,7-8,10-11,21H2,(H,22,25)(H,23,24);1H. The number of carbonyl (C=O) groups is 2. The summed E-state index contributed by atoms with van der Waals surface area (Å²) in [7, 11) is 0. The van der Waals surface area contributed by atoms with E-state index in [2.05, 4.69) is 10.6 Å². The van der Waals surface area contributed by atoms with Crippen LogP contribution in [-0.4, -0.2) is 17.9 Å². The molecule has 0 aromatic heterocycles. The molecule has 2 bridgehead atoms. The SMILES string of the molecule is Cl.NC1C2CCC(C2)C1C(=O)NCc1cccc(NC(=O)C2CCC2)c1. The molecule has 3 saturated carbocycles. The number of nitrogens with two attached hydrogens (primary N) is 1. The van der Waals surface area contributed by atoms with Crippen LogP contribution < -0.4 is 16.4 Å². The van der Waals surface area contributed by atoms with Crippen LogP contribution in [0.4, 0.5) is 5.69 Å². The van der Waals surface area contributed by atoms with Crippen LogP contribution in [0.25, 0.3) is 0 Å². The molecular formula is C20H28ClN3O2. The van der Waals surface area contributed by atoms with E-state index in [-0.39, 0.29) is 42.1 Å². The third kappa shape index (κ3) is 3.74. The summed E-state index contributed by atoms with van der Waals surface area (Å²) in [5.74, 6) is 1.34. The Hall–Kier alpha value is -1.59. The maximum atomic E-state index is 12.6. The van der Waals surface area contributed by atoms with Gasteiger partial charge in [0.2, 0.25) is 11.8 Å². The number of hydrogen-bond donors (Lipinski definition) is 3. The summed E-state index contributed by atoms with van der Waals surface area (Å²) in [6, 6.07) is 7.75. The number of halogens is 1. The lowest BCUT2D eigenvalue weighted by molar-refractivity contribution is -0.127. The summed E-state index contributed by atoms with van der Waals surface area (Å²) >= 11 is 0. The van der Waals surface area contributed by atoms with Crippen LogP contribution in [0.5, 0.6) is 0 Å². The second kappa shape index (κ2) is 7.97. The molecule has 6 heteroatoms. The molecule has 3 fully saturated rings. The van der Waals surface area contributed by atoms with E-state index in [1.54, 1.807) is 0 Å². The quantitative estimate of drug-likeness (QED) is 0.737. The average Bonchev–Trinajstić information content (AvgIpc) is 3.12. The van der Waals surface area contributed by atoms with Gasteiger partial charge in [-0.1, -0.05) is 18.6 Å². The Kier molecular flexibility index (Phi) is 5.88. The highest BCUT2D eigenvalue weighted by molar-refractivity contribution is 5.93. The molecule has 0 radical (unpaired) electrons. The lowest BCUT2D eigenvalue weighted by Crippen LogP contribution is -2.45. The van der Waals surface area contributed by atoms with Crippen molar-refractivity contribution in [3.63, 3.8) is 0 Å². The summed E-state index contributed by atoms with van der Waals surface area (Å²) in [5, 5.41) is 6.03.